The summed E-state index contributed by atoms with van der Waals surface area (Å²) >= 11 is 0. The van der Waals surface area contributed by atoms with E-state index in [0.29, 0.717) is 6.61 Å². The van der Waals surface area contributed by atoms with Crippen molar-refractivity contribution in [3.8, 4) is 5.75 Å². The number of anilines is 1. The second-order valence-corrected chi connectivity index (χ2v) is 5.36. The second-order valence-electron chi connectivity index (χ2n) is 5.36. The monoisotopic (exact) mass is 281 g/mol. The zero-order valence-electron chi connectivity index (χ0n) is 12.1. The number of carbonyl (C=O) groups excluding carboxylic acids is 1. The summed E-state index contributed by atoms with van der Waals surface area (Å²) in [5.41, 5.74) is 3.18. The van der Waals surface area contributed by atoms with Gasteiger partial charge in [0.2, 0.25) is 5.91 Å². The molecule has 1 amide bonds. The molecule has 1 aliphatic rings. The molecule has 1 aliphatic heterocycles. The summed E-state index contributed by atoms with van der Waals surface area (Å²) in [5.74, 6) is 0.789. The molecule has 0 fully saturated rings. The van der Waals surface area contributed by atoms with Crippen molar-refractivity contribution in [2.24, 2.45) is 5.92 Å². The van der Waals surface area contributed by atoms with Gasteiger partial charge in [0, 0.05) is 5.69 Å². The number of para-hydroxylation sites is 1. The molecule has 1 unspecified atom stereocenters. The van der Waals surface area contributed by atoms with Gasteiger partial charge in [-0.1, -0.05) is 37.3 Å². The maximum atomic E-state index is 12.4. The number of carbonyl (C=O) groups is 1. The van der Waals surface area contributed by atoms with Gasteiger partial charge in [-0.15, -0.1) is 0 Å². The third-order valence-electron chi connectivity index (χ3n) is 3.85. The highest BCUT2D eigenvalue weighted by molar-refractivity contribution is 5.93. The van der Waals surface area contributed by atoms with E-state index in [2.05, 4.69) is 18.3 Å². The summed E-state index contributed by atoms with van der Waals surface area (Å²) in [6, 6.07) is 15.9. The average Bonchev–Trinajstić information content (AvgIpc) is 2.54. The molecule has 0 aromatic heterocycles. The first-order valence-corrected chi connectivity index (χ1v) is 7.37. The van der Waals surface area contributed by atoms with Crippen LogP contribution in [0.1, 0.15) is 18.1 Å². The van der Waals surface area contributed by atoms with Crippen LogP contribution in [0.15, 0.2) is 48.5 Å². The van der Waals surface area contributed by atoms with Crippen LogP contribution in [-0.2, 0) is 17.6 Å². The van der Waals surface area contributed by atoms with Gasteiger partial charge in [-0.2, -0.15) is 0 Å². The Hall–Kier alpha value is -2.29. The lowest BCUT2D eigenvalue weighted by atomic mass is 9.96. The van der Waals surface area contributed by atoms with Crippen LogP contribution in [0, 0.1) is 5.92 Å². The van der Waals surface area contributed by atoms with Gasteiger partial charge in [0.25, 0.3) is 0 Å². The number of hydrogen-bond donors (Lipinski definition) is 1. The molecule has 0 bridgehead atoms. The Morgan fingerprint density at radius 1 is 1.24 bits per heavy atom. The Kier molecular flexibility index (Phi) is 3.91. The van der Waals surface area contributed by atoms with E-state index in [1.54, 1.807) is 0 Å². The smallest absolute Gasteiger partial charge is 0.231 e. The number of amides is 1. The third-order valence-corrected chi connectivity index (χ3v) is 3.85. The topological polar surface area (TPSA) is 38.3 Å². The molecule has 1 N–H and O–H groups in total. The predicted molar refractivity (Wildman–Crippen MR) is 83.6 cm³/mol. The van der Waals surface area contributed by atoms with Crippen LogP contribution in [0.2, 0.25) is 0 Å². The fraction of sp³-hybridized carbons (Fsp3) is 0.278. The van der Waals surface area contributed by atoms with Crippen molar-refractivity contribution in [2.45, 2.75) is 19.8 Å². The molecular weight excluding hydrogens is 262 g/mol. The summed E-state index contributed by atoms with van der Waals surface area (Å²) in [4.78, 5) is 12.4. The Bertz CT molecular complexity index is 651. The molecule has 1 heterocycles. The van der Waals surface area contributed by atoms with E-state index in [1.165, 1.54) is 5.56 Å². The van der Waals surface area contributed by atoms with Crippen LogP contribution < -0.4 is 10.1 Å². The molecular formula is C18H19NO2. The first-order valence-electron chi connectivity index (χ1n) is 7.37. The highest BCUT2D eigenvalue weighted by atomic mass is 16.5. The Balaban J connectivity index is 1.69. The van der Waals surface area contributed by atoms with Gasteiger partial charge in [-0.3, -0.25) is 4.79 Å². The largest absolute Gasteiger partial charge is 0.492 e. The molecule has 0 saturated carbocycles. The molecule has 0 aliphatic carbocycles. The van der Waals surface area contributed by atoms with Gasteiger partial charge in [-0.25, -0.2) is 0 Å². The van der Waals surface area contributed by atoms with Gasteiger partial charge in [0.15, 0.2) is 0 Å². The highest BCUT2D eigenvalue weighted by Gasteiger charge is 2.25. The number of benzene rings is 2. The number of hydrogen-bond acceptors (Lipinski definition) is 2. The second kappa shape index (κ2) is 6.00. The first-order chi connectivity index (χ1) is 10.3. The van der Waals surface area contributed by atoms with Crippen molar-refractivity contribution in [1.82, 2.24) is 0 Å². The molecule has 0 saturated heterocycles. The van der Waals surface area contributed by atoms with Gasteiger partial charge >= 0.3 is 0 Å². The summed E-state index contributed by atoms with van der Waals surface area (Å²) in [6.07, 6.45) is 1.69. The lowest BCUT2D eigenvalue weighted by Gasteiger charge is -2.24. The van der Waals surface area contributed by atoms with Gasteiger partial charge < -0.3 is 10.1 Å². The molecule has 2 aromatic carbocycles. The first kappa shape index (κ1) is 13.7. The summed E-state index contributed by atoms with van der Waals surface area (Å²) < 4.78 is 5.68. The summed E-state index contributed by atoms with van der Waals surface area (Å²) in [6.45, 7) is 2.54. The van der Waals surface area contributed by atoms with E-state index >= 15 is 0 Å². The van der Waals surface area contributed by atoms with E-state index in [4.69, 9.17) is 4.74 Å². The van der Waals surface area contributed by atoms with Gasteiger partial charge in [0.1, 0.15) is 12.4 Å². The molecule has 3 heteroatoms. The van der Waals surface area contributed by atoms with Crippen LogP contribution in [0.3, 0.4) is 0 Å². The number of nitrogens with one attached hydrogen (secondary N) is 1. The van der Waals surface area contributed by atoms with E-state index in [9.17, 15) is 4.79 Å². The van der Waals surface area contributed by atoms with E-state index < -0.39 is 0 Å². The Morgan fingerprint density at radius 2 is 2.10 bits per heavy atom. The molecule has 2 aromatic rings. The SMILES string of the molecule is CCc1cccc(NC(=O)C2COc3ccccc3C2)c1. The molecule has 21 heavy (non-hydrogen) atoms. The average molecular weight is 281 g/mol. The minimum Gasteiger partial charge on any atom is -0.492 e. The fourth-order valence-electron chi connectivity index (χ4n) is 2.61. The third kappa shape index (κ3) is 3.07. The van der Waals surface area contributed by atoms with E-state index in [-0.39, 0.29) is 11.8 Å². The van der Waals surface area contributed by atoms with Crippen molar-refractivity contribution >= 4 is 11.6 Å². The van der Waals surface area contributed by atoms with E-state index in [0.717, 1.165) is 29.8 Å². The summed E-state index contributed by atoms with van der Waals surface area (Å²) in [5, 5.41) is 3.00. The van der Waals surface area contributed by atoms with Crippen LogP contribution in [0.5, 0.6) is 5.75 Å². The molecule has 0 spiro atoms. The van der Waals surface area contributed by atoms with Crippen molar-refractivity contribution in [3.63, 3.8) is 0 Å². The predicted octanol–water partition coefficient (Wildman–Crippen LogP) is 3.44. The summed E-state index contributed by atoms with van der Waals surface area (Å²) in [7, 11) is 0. The fourth-order valence-corrected chi connectivity index (χ4v) is 2.61. The number of rotatable bonds is 3. The lowest BCUT2D eigenvalue weighted by Crippen LogP contribution is -2.32. The number of fused-ring (bicyclic) bond motifs is 1. The maximum absolute atomic E-state index is 12.4. The van der Waals surface area contributed by atoms with Crippen molar-refractivity contribution in [2.75, 3.05) is 11.9 Å². The molecule has 3 nitrogen and oxygen atoms in total. The molecule has 108 valence electrons. The standard InChI is InChI=1S/C18H19NO2/c1-2-13-6-5-8-16(10-13)19-18(20)15-11-14-7-3-4-9-17(14)21-12-15/h3-10,15H,2,11-12H2,1H3,(H,19,20). The number of aryl methyl sites for hydroxylation is 1. The van der Waals surface area contributed by atoms with Gasteiger partial charge in [-0.05, 0) is 42.2 Å². The van der Waals surface area contributed by atoms with E-state index in [1.807, 2.05) is 42.5 Å². The highest BCUT2D eigenvalue weighted by Crippen LogP contribution is 2.27. The Labute approximate surface area is 124 Å². The normalized spacial score (nSPS) is 16.7. The molecule has 1 atom stereocenters. The molecule has 3 rings (SSSR count). The van der Waals surface area contributed by atoms with Crippen molar-refractivity contribution in [3.05, 3.63) is 59.7 Å². The van der Waals surface area contributed by atoms with Crippen LogP contribution in [0.4, 0.5) is 5.69 Å². The zero-order chi connectivity index (χ0) is 14.7. The maximum Gasteiger partial charge on any atom is 0.231 e. The van der Waals surface area contributed by atoms with Gasteiger partial charge in [0.05, 0.1) is 5.92 Å². The van der Waals surface area contributed by atoms with Crippen LogP contribution >= 0.6 is 0 Å². The molecule has 0 radical (unpaired) electrons. The minimum absolute atomic E-state index is 0.0257. The Morgan fingerprint density at radius 3 is 2.95 bits per heavy atom. The van der Waals surface area contributed by atoms with Crippen molar-refractivity contribution in [1.29, 1.82) is 0 Å². The van der Waals surface area contributed by atoms with Crippen molar-refractivity contribution < 1.29 is 9.53 Å². The lowest BCUT2D eigenvalue weighted by molar-refractivity contribution is -0.121. The van der Waals surface area contributed by atoms with Crippen LogP contribution in [-0.4, -0.2) is 12.5 Å². The van der Waals surface area contributed by atoms with Crippen LogP contribution in [0.25, 0.3) is 0 Å². The zero-order valence-corrected chi connectivity index (χ0v) is 12.1. The quantitative estimate of drug-likeness (QED) is 0.936. The minimum atomic E-state index is -0.134. The number of ether oxygens (including phenoxy) is 1.